The number of nitrogens with one attached hydrogen (secondary N) is 2. The van der Waals surface area contributed by atoms with E-state index in [9.17, 15) is 22.0 Å². The molecule has 2 N–H and O–H groups in total. The van der Waals surface area contributed by atoms with Gasteiger partial charge in [0.1, 0.15) is 11.3 Å². The minimum absolute atomic E-state index is 0.00513. The summed E-state index contributed by atoms with van der Waals surface area (Å²) in [6, 6.07) is 7.40. The molecule has 1 saturated heterocycles. The normalized spacial score (nSPS) is 19.8. The van der Waals surface area contributed by atoms with Crippen LogP contribution in [0.15, 0.2) is 41.3 Å². The van der Waals surface area contributed by atoms with Crippen molar-refractivity contribution in [2.45, 2.75) is 31.0 Å². The molecule has 0 saturated carbocycles. The zero-order chi connectivity index (χ0) is 23.0. The van der Waals surface area contributed by atoms with Gasteiger partial charge in [0.15, 0.2) is 5.82 Å². The first kappa shape index (κ1) is 22.5. The lowest BCUT2D eigenvalue weighted by Gasteiger charge is -2.34. The second kappa shape index (κ2) is 8.70. The van der Waals surface area contributed by atoms with Gasteiger partial charge in [-0.3, -0.25) is 15.6 Å². The number of thiazole rings is 1. The molecular weight excluding hydrogens is 462 g/mol. The minimum atomic E-state index is -3.72. The van der Waals surface area contributed by atoms with Crippen LogP contribution in [0.2, 0.25) is 0 Å². The molecule has 1 aliphatic heterocycles. The summed E-state index contributed by atoms with van der Waals surface area (Å²) in [6.45, 7) is 4.14. The van der Waals surface area contributed by atoms with E-state index in [1.165, 1.54) is 28.6 Å². The number of nitrogens with zero attached hydrogens (tertiary/aromatic N) is 2. The number of hydrazine groups is 1. The summed E-state index contributed by atoms with van der Waals surface area (Å²) in [7, 11) is -3.72. The van der Waals surface area contributed by atoms with Gasteiger partial charge in [-0.05, 0) is 44.2 Å². The highest BCUT2D eigenvalue weighted by atomic mass is 32.2. The Morgan fingerprint density at radius 1 is 1.16 bits per heavy atom. The molecule has 0 aliphatic carbocycles. The SMILES string of the molecule is C[C@@H]1CN(S(=O)(=O)c2ccc(C(=O)NNc3nc4c(F)cc(F)cc4s3)cc2)C[C@H](C)O1. The molecule has 8 nitrogen and oxygen atoms in total. The number of ether oxygens (including phenoxy) is 1. The van der Waals surface area contributed by atoms with Crippen LogP contribution in [0.25, 0.3) is 10.2 Å². The number of halogens is 2. The zero-order valence-corrected chi connectivity index (χ0v) is 18.8. The molecule has 3 aromatic rings. The fourth-order valence-corrected chi connectivity index (χ4v) is 5.90. The molecule has 0 radical (unpaired) electrons. The zero-order valence-electron chi connectivity index (χ0n) is 17.1. The van der Waals surface area contributed by atoms with E-state index in [0.717, 1.165) is 23.5 Å². The maximum Gasteiger partial charge on any atom is 0.269 e. The standard InChI is InChI=1S/C20H20F2N4O4S2/c1-11-9-26(10-12(2)30-11)32(28,29)15-5-3-13(4-6-15)19(27)24-25-20-23-18-16(22)7-14(21)8-17(18)31-20/h3-8,11-12H,9-10H2,1-2H3,(H,23,25)(H,24,27)/t11-,12+. The third kappa shape index (κ3) is 4.58. The first-order valence-electron chi connectivity index (χ1n) is 9.71. The molecule has 32 heavy (non-hydrogen) atoms. The van der Waals surface area contributed by atoms with Crippen molar-refractivity contribution in [1.82, 2.24) is 14.7 Å². The number of amides is 1. The number of morpholine rings is 1. The highest BCUT2D eigenvalue weighted by molar-refractivity contribution is 7.89. The van der Waals surface area contributed by atoms with Crippen molar-refractivity contribution in [3.8, 4) is 0 Å². The van der Waals surface area contributed by atoms with Crippen molar-refractivity contribution in [1.29, 1.82) is 0 Å². The predicted molar refractivity (Wildman–Crippen MR) is 116 cm³/mol. The van der Waals surface area contributed by atoms with Crippen molar-refractivity contribution >= 4 is 42.6 Å². The summed E-state index contributed by atoms with van der Waals surface area (Å²) in [5.74, 6) is -2.06. The van der Waals surface area contributed by atoms with E-state index in [1.807, 2.05) is 13.8 Å². The molecule has 2 atom stereocenters. The molecule has 170 valence electrons. The maximum atomic E-state index is 13.8. The number of carbonyl (C=O) groups excluding carboxylic acids is 1. The van der Waals surface area contributed by atoms with Gasteiger partial charge in [0.2, 0.25) is 15.2 Å². The number of carbonyl (C=O) groups is 1. The third-order valence-electron chi connectivity index (χ3n) is 4.84. The number of hydrogen-bond acceptors (Lipinski definition) is 7. The van der Waals surface area contributed by atoms with Crippen LogP contribution in [0.1, 0.15) is 24.2 Å². The Morgan fingerprint density at radius 3 is 2.47 bits per heavy atom. The molecule has 1 amide bonds. The highest BCUT2D eigenvalue weighted by Crippen LogP contribution is 2.28. The summed E-state index contributed by atoms with van der Waals surface area (Å²) in [5, 5.41) is 0.174. The van der Waals surface area contributed by atoms with Crippen LogP contribution in [0, 0.1) is 11.6 Å². The predicted octanol–water partition coefficient (Wildman–Crippen LogP) is 3.13. The first-order valence-corrected chi connectivity index (χ1v) is 12.0. The Morgan fingerprint density at radius 2 is 1.81 bits per heavy atom. The van der Waals surface area contributed by atoms with Crippen LogP contribution >= 0.6 is 11.3 Å². The number of aromatic nitrogens is 1. The number of sulfonamides is 1. The number of anilines is 1. The lowest BCUT2D eigenvalue weighted by atomic mass is 10.2. The molecule has 0 bridgehead atoms. The monoisotopic (exact) mass is 482 g/mol. The fraction of sp³-hybridized carbons (Fsp3) is 0.300. The quantitative estimate of drug-likeness (QED) is 0.542. The average Bonchev–Trinajstić information content (AvgIpc) is 3.14. The van der Waals surface area contributed by atoms with Crippen molar-refractivity contribution < 1.29 is 26.7 Å². The van der Waals surface area contributed by atoms with Gasteiger partial charge in [0, 0.05) is 24.7 Å². The fourth-order valence-electron chi connectivity index (χ4n) is 3.45. The molecule has 1 aliphatic rings. The summed E-state index contributed by atoms with van der Waals surface area (Å²) >= 11 is 0.973. The molecule has 12 heteroatoms. The van der Waals surface area contributed by atoms with Crippen molar-refractivity contribution in [3.05, 3.63) is 53.6 Å². The van der Waals surface area contributed by atoms with Crippen molar-refractivity contribution in [2.24, 2.45) is 0 Å². The second-order valence-corrected chi connectivity index (χ2v) is 10.4. The van der Waals surface area contributed by atoms with Crippen molar-refractivity contribution in [2.75, 3.05) is 18.5 Å². The van der Waals surface area contributed by atoms with E-state index >= 15 is 0 Å². The summed E-state index contributed by atoms with van der Waals surface area (Å²) in [5.41, 5.74) is 5.18. The average molecular weight is 483 g/mol. The maximum absolute atomic E-state index is 13.8. The Bertz CT molecular complexity index is 1250. The van der Waals surface area contributed by atoms with E-state index in [0.29, 0.717) is 4.70 Å². The largest absolute Gasteiger partial charge is 0.373 e. The first-order chi connectivity index (χ1) is 15.1. The Labute approximate surface area is 187 Å². The smallest absolute Gasteiger partial charge is 0.269 e. The molecule has 1 aromatic heterocycles. The Balaban J connectivity index is 1.44. The van der Waals surface area contributed by atoms with Crippen LogP contribution in [0.3, 0.4) is 0 Å². The molecule has 0 unspecified atom stereocenters. The number of hydrogen-bond donors (Lipinski definition) is 2. The molecule has 2 heterocycles. The number of benzene rings is 2. The second-order valence-electron chi connectivity index (χ2n) is 7.44. The molecule has 0 spiro atoms. The molecular formula is C20H20F2N4O4S2. The van der Waals surface area contributed by atoms with Crippen LogP contribution in [0.4, 0.5) is 13.9 Å². The summed E-state index contributed by atoms with van der Waals surface area (Å²) < 4.78 is 60.1. The van der Waals surface area contributed by atoms with E-state index < -0.39 is 27.6 Å². The lowest BCUT2D eigenvalue weighted by Crippen LogP contribution is -2.48. The van der Waals surface area contributed by atoms with Gasteiger partial charge in [0.05, 0.1) is 21.8 Å². The van der Waals surface area contributed by atoms with Crippen LogP contribution < -0.4 is 10.9 Å². The van der Waals surface area contributed by atoms with E-state index in [1.54, 1.807) is 0 Å². The van der Waals surface area contributed by atoms with Crippen LogP contribution in [-0.2, 0) is 14.8 Å². The third-order valence-corrected chi connectivity index (χ3v) is 7.60. The minimum Gasteiger partial charge on any atom is -0.373 e. The van der Waals surface area contributed by atoms with Gasteiger partial charge in [-0.25, -0.2) is 22.2 Å². The van der Waals surface area contributed by atoms with Crippen LogP contribution in [0.5, 0.6) is 0 Å². The topological polar surface area (TPSA) is 101 Å². The summed E-state index contributed by atoms with van der Waals surface area (Å²) in [4.78, 5) is 16.5. The summed E-state index contributed by atoms with van der Waals surface area (Å²) in [6.07, 6.45) is -0.422. The molecule has 4 rings (SSSR count). The van der Waals surface area contributed by atoms with Gasteiger partial charge in [-0.2, -0.15) is 4.31 Å². The van der Waals surface area contributed by atoms with Gasteiger partial charge in [-0.1, -0.05) is 11.3 Å². The van der Waals surface area contributed by atoms with Crippen molar-refractivity contribution in [3.63, 3.8) is 0 Å². The highest BCUT2D eigenvalue weighted by Gasteiger charge is 2.32. The Kier molecular flexibility index (Phi) is 6.12. The molecule has 1 fully saturated rings. The van der Waals surface area contributed by atoms with Gasteiger partial charge in [0.25, 0.3) is 5.91 Å². The lowest BCUT2D eigenvalue weighted by molar-refractivity contribution is -0.0440. The van der Waals surface area contributed by atoms with E-state index in [-0.39, 0.29) is 46.4 Å². The number of rotatable bonds is 5. The van der Waals surface area contributed by atoms with Crippen LogP contribution in [-0.4, -0.2) is 48.9 Å². The molecule has 2 aromatic carbocycles. The van der Waals surface area contributed by atoms with E-state index in [2.05, 4.69) is 15.8 Å². The number of fused-ring (bicyclic) bond motifs is 1. The van der Waals surface area contributed by atoms with Gasteiger partial charge >= 0.3 is 0 Å². The van der Waals surface area contributed by atoms with E-state index in [4.69, 9.17) is 4.74 Å². The Hall–Kier alpha value is -2.67. The van der Waals surface area contributed by atoms with Gasteiger partial charge in [-0.15, -0.1) is 0 Å². The van der Waals surface area contributed by atoms with Gasteiger partial charge < -0.3 is 4.74 Å².